The second-order valence-electron chi connectivity index (χ2n) is 7.13. The monoisotopic (exact) mass is 481 g/mol. The lowest BCUT2D eigenvalue weighted by Crippen LogP contribution is -2.50. The van der Waals surface area contributed by atoms with E-state index in [-0.39, 0.29) is 54.3 Å². The lowest BCUT2D eigenvalue weighted by molar-refractivity contribution is -0.135. The van der Waals surface area contributed by atoms with E-state index in [4.69, 9.17) is 0 Å². The second kappa shape index (κ2) is 13.2. The van der Waals surface area contributed by atoms with Crippen molar-refractivity contribution in [2.45, 2.75) is 52.5 Å². The van der Waals surface area contributed by atoms with E-state index in [1.54, 1.807) is 19.0 Å². The number of likely N-dealkylation sites (tertiary alicyclic amines) is 1. The van der Waals surface area contributed by atoms with Crippen LogP contribution in [-0.4, -0.2) is 73.9 Å². The number of halogens is 1. The van der Waals surface area contributed by atoms with Gasteiger partial charge < -0.3 is 20.4 Å². The molecule has 0 aliphatic carbocycles. The minimum atomic E-state index is -0.0195. The number of hydrogen-bond donors (Lipinski definition) is 2. The van der Waals surface area contributed by atoms with Crippen LogP contribution in [0.5, 0.6) is 0 Å². The van der Waals surface area contributed by atoms with Crippen molar-refractivity contribution in [1.29, 1.82) is 0 Å². The van der Waals surface area contributed by atoms with Crippen LogP contribution < -0.4 is 10.6 Å². The molecule has 0 aromatic carbocycles. The molecule has 1 rings (SSSR count). The molecule has 0 spiro atoms. The van der Waals surface area contributed by atoms with Crippen LogP contribution in [0, 0.1) is 5.92 Å². The van der Waals surface area contributed by atoms with Gasteiger partial charge in [-0.15, -0.1) is 24.0 Å². The van der Waals surface area contributed by atoms with Gasteiger partial charge in [-0.2, -0.15) is 0 Å². The Morgan fingerprint density at radius 3 is 2.35 bits per heavy atom. The van der Waals surface area contributed by atoms with Gasteiger partial charge in [0.05, 0.1) is 0 Å². The van der Waals surface area contributed by atoms with Gasteiger partial charge in [-0.3, -0.25) is 9.59 Å². The zero-order chi connectivity index (χ0) is 18.8. The van der Waals surface area contributed by atoms with E-state index in [2.05, 4.69) is 22.5 Å². The summed E-state index contributed by atoms with van der Waals surface area (Å²) in [4.78, 5) is 31.7. The van der Waals surface area contributed by atoms with Gasteiger partial charge in [-0.25, -0.2) is 4.99 Å². The number of carbonyl (C=O) groups is 2. The van der Waals surface area contributed by atoms with E-state index in [1.165, 1.54) is 0 Å². The Hall–Kier alpha value is -1.06. The van der Waals surface area contributed by atoms with Crippen molar-refractivity contribution in [1.82, 2.24) is 20.4 Å². The van der Waals surface area contributed by atoms with Crippen molar-refractivity contribution in [3.8, 4) is 0 Å². The van der Waals surface area contributed by atoms with Gasteiger partial charge in [-0.05, 0) is 19.3 Å². The van der Waals surface area contributed by atoms with Crippen molar-refractivity contribution in [2.24, 2.45) is 10.9 Å². The van der Waals surface area contributed by atoms with Crippen LogP contribution >= 0.6 is 24.0 Å². The van der Waals surface area contributed by atoms with Gasteiger partial charge in [0.15, 0.2) is 5.96 Å². The first-order valence-corrected chi connectivity index (χ1v) is 9.38. The van der Waals surface area contributed by atoms with E-state index in [1.807, 2.05) is 18.7 Å². The highest BCUT2D eigenvalue weighted by molar-refractivity contribution is 14.0. The number of piperidine rings is 1. The first kappa shape index (κ1) is 24.9. The highest BCUT2D eigenvalue weighted by Crippen LogP contribution is 2.13. The highest BCUT2D eigenvalue weighted by Gasteiger charge is 2.24. The molecule has 0 aromatic heterocycles. The fourth-order valence-corrected chi connectivity index (χ4v) is 2.63. The molecule has 0 unspecified atom stereocenters. The Morgan fingerprint density at radius 2 is 1.85 bits per heavy atom. The van der Waals surface area contributed by atoms with Crippen molar-refractivity contribution in [2.75, 3.05) is 40.3 Å². The van der Waals surface area contributed by atoms with Crippen molar-refractivity contribution >= 4 is 41.8 Å². The molecule has 0 atom stereocenters. The maximum absolute atomic E-state index is 12.1. The fourth-order valence-electron chi connectivity index (χ4n) is 2.63. The summed E-state index contributed by atoms with van der Waals surface area (Å²) in [7, 11) is 3.47. The average Bonchev–Trinajstić information content (AvgIpc) is 2.59. The molecular weight excluding hydrogens is 445 g/mol. The number of aliphatic imine (C=N–C) groups is 1. The number of nitrogens with zero attached hydrogens (tertiary/aromatic N) is 3. The molecule has 1 heterocycles. The van der Waals surface area contributed by atoms with Gasteiger partial charge in [0.25, 0.3) is 0 Å². The molecule has 26 heavy (non-hydrogen) atoms. The summed E-state index contributed by atoms with van der Waals surface area (Å²) < 4.78 is 0. The average molecular weight is 481 g/mol. The van der Waals surface area contributed by atoms with E-state index >= 15 is 0 Å². The highest BCUT2D eigenvalue weighted by atomic mass is 127. The Balaban J connectivity index is 0.00000625. The molecule has 7 nitrogen and oxygen atoms in total. The van der Waals surface area contributed by atoms with E-state index in [0.29, 0.717) is 5.96 Å². The molecule has 8 heteroatoms. The summed E-state index contributed by atoms with van der Waals surface area (Å²) in [5.74, 6) is 0.950. The van der Waals surface area contributed by atoms with Gasteiger partial charge in [0.2, 0.25) is 11.8 Å². The van der Waals surface area contributed by atoms with Crippen LogP contribution in [0.4, 0.5) is 0 Å². The third-order valence-corrected chi connectivity index (χ3v) is 4.34. The molecule has 0 bridgehead atoms. The first-order chi connectivity index (χ1) is 11.8. The van der Waals surface area contributed by atoms with Gasteiger partial charge in [0, 0.05) is 45.7 Å². The molecule has 0 aromatic rings. The maximum Gasteiger partial charge on any atom is 0.243 e. The maximum atomic E-state index is 12.1. The topological polar surface area (TPSA) is 77.0 Å². The predicted molar refractivity (Wildman–Crippen MR) is 117 cm³/mol. The summed E-state index contributed by atoms with van der Waals surface area (Å²) in [6.07, 6.45) is 3.96. The molecule has 0 radical (unpaired) electrons. The Kier molecular flexibility index (Phi) is 12.6. The van der Waals surface area contributed by atoms with Crippen molar-refractivity contribution in [3.63, 3.8) is 0 Å². The van der Waals surface area contributed by atoms with Gasteiger partial charge in [-0.1, -0.05) is 27.2 Å². The number of rotatable bonds is 7. The van der Waals surface area contributed by atoms with Gasteiger partial charge in [0.1, 0.15) is 6.54 Å². The van der Waals surface area contributed by atoms with Crippen LogP contribution in [0.15, 0.2) is 4.99 Å². The molecule has 0 saturated carbocycles. The summed E-state index contributed by atoms with van der Waals surface area (Å²) in [6.45, 7) is 8.54. The molecular formula is C18H36IN5O2. The van der Waals surface area contributed by atoms with E-state index in [0.717, 1.165) is 45.3 Å². The Labute approximate surface area is 175 Å². The number of unbranched alkanes of at least 4 members (excludes halogenated alkanes) is 1. The normalized spacial score (nSPS) is 15.5. The summed E-state index contributed by atoms with van der Waals surface area (Å²) in [5, 5.41) is 6.73. The summed E-state index contributed by atoms with van der Waals surface area (Å²) in [6, 6.07) is 0.276. The number of carbonyl (C=O) groups excluding carboxylic acids is 2. The summed E-state index contributed by atoms with van der Waals surface area (Å²) in [5.41, 5.74) is 0. The Bertz CT molecular complexity index is 460. The molecule has 1 saturated heterocycles. The third kappa shape index (κ3) is 9.05. The Morgan fingerprint density at radius 1 is 1.23 bits per heavy atom. The minimum absolute atomic E-state index is 0. The molecule has 152 valence electrons. The predicted octanol–water partition coefficient (Wildman–Crippen LogP) is 1.67. The number of likely N-dealkylation sites (N-methyl/N-ethyl adjacent to an activating group) is 1. The standard InChI is InChI=1S/C18H35N5O2.HI/c1-6-7-10-19-18(20-13-16(24)22(4)5)21-15-8-11-23(12-9-15)17(25)14(2)3;/h14-15H,6-13H2,1-5H3,(H2,19,20,21);1H. The lowest BCUT2D eigenvalue weighted by Gasteiger charge is -2.34. The van der Waals surface area contributed by atoms with Crippen LogP contribution in [0.2, 0.25) is 0 Å². The van der Waals surface area contributed by atoms with Crippen LogP contribution in [0.1, 0.15) is 46.5 Å². The van der Waals surface area contributed by atoms with Crippen molar-refractivity contribution < 1.29 is 9.59 Å². The number of amides is 2. The van der Waals surface area contributed by atoms with Crippen molar-refractivity contribution in [3.05, 3.63) is 0 Å². The molecule has 2 N–H and O–H groups in total. The third-order valence-electron chi connectivity index (χ3n) is 4.34. The zero-order valence-electron chi connectivity index (χ0n) is 16.9. The smallest absolute Gasteiger partial charge is 0.243 e. The molecule has 1 fully saturated rings. The number of nitrogens with one attached hydrogen (secondary N) is 2. The quantitative estimate of drug-likeness (QED) is 0.251. The second-order valence-corrected chi connectivity index (χ2v) is 7.13. The zero-order valence-corrected chi connectivity index (χ0v) is 19.2. The van der Waals surface area contributed by atoms with Crippen LogP contribution in [0.3, 0.4) is 0 Å². The largest absolute Gasteiger partial charge is 0.356 e. The molecule has 1 aliphatic heterocycles. The first-order valence-electron chi connectivity index (χ1n) is 9.38. The van der Waals surface area contributed by atoms with Gasteiger partial charge >= 0.3 is 0 Å². The SMILES string of the molecule is CCCCNC(=NCC(=O)N(C)C)NC1CCN(C(=O)C(C)C)CC1.I. The number of guanidine groups is 1. The van der Waals surface area contributed by atoms with E-state index in [9.17, 15) is 9.59 Å². The van der Waals surface area contributed by atoms with Crippen LogP contribution in [-0.2, 0) is 9.59 Å². The van der Waals surface area contributed by atoms with E-state index < -0.39 is 0 Å². The fraction of sp³-hybridized carbons (Fsp3) is 0.833. The lowest BCUT2D eigenvalue weighted by atomic mass is 10.0. The molecule has 1 aliphatic rings. The summed E-state index contributed by atoms with van der Waals surface area (Å²) >= 11 is 0. The van der Waals surface area contributed by atoms with Crippen LogP contribution in [0.25, 0.3) is 0 Å². The minimum Gasteiger partial charge on any atom is -0.356 e. The number of hydrogen-bond acceptors (Lipinski definition) is 3. The molecule has 2 amide bonds.